The number of amides is 1. The Morgan fingerprint density at radius 3 is 2.44 bits per heavy atom. The van der Waals surface area contributed by atoms with E-state index in [0.717, 1.165) is 44.0 Å². The predicted molar refractivity (Wildman–Crippen MR) is 95.4 cm³/mol. The molecule has 0 saturated carbocycles. The number of carbonyl (C=O) groups is 1. The summed E-state index contributed by atoms with van der Waals surface area (Å²) in [4.78, 5) is 14.9. The standard InChI is InChI=1S/C19H30FN3O2/c1-14(2)15(3)21-19(24)13-23-9-7-22(8-10-23)12-16-11-17(20)5-6-18(16)25-4/h5-6,11,14-15H,7-10,12-13H2,1-4H3,(H,21,24)/p+2/t15-/m1/s1. The van der Waals surface area contributed by atoms with Gasteiger partial charge in [0.2, 0.25) is 0 Å². The van der Waals surface area contributed by atoms with E-state index in [9.17, 15) is 9.18 Å². The van der Waals surface area contributed by atoms with E-state index in [4.69, 9.17) is 4.74 Å². The molecule has 0 aromatic heterocycles. The Balaban J connectivity index is 1.80. The smallest absolute Gasteiger partial charge is 0.275 e. The van der Waals surface area contributed by atoms with Gasteiger partial charge in [0.05, 0.1) is 12.7 Å². The van der Waals surface area contributed by atoms with E-state index in [-0.39, 0.29) is 17.8 Å². The molecule has 1 amide bonds. The van der Waals surface area contributed by atoms with Gasteiger partial charge in [-0.2, -0.15) is 0 Å². The first-order chi connectivity index (χ1) is 11.9. The van der Waals surface area contributed by atoms with Crippen LogP contribution < -0.4 is 19.9 Å². The van der Waals surface area contributed by atoms with Gasteiger partial charge in [-0.05, 0) is 31.0 Å². The lowest BCUT2D eigenvalue weighted by atomic mass is 10.1. The molecule has 1 saturated heterocycles. The Morgan fingerprint density at radius 2 is 1.84 bits per heavy atom. The summed E-state index contributed by atoms with van der Waals surface area (Å²) in [5.74, 6) is 1.09. The average Bonchev–Trinajstić information content (AvgIpc) is 2.56. The third kappa shape index (κ3) is 5.97. The molecule has 1 atom stereocenters. The minimum atomic E-state index is -0.226. The molecule has 25 heavy (non-hydrogen) atoms. The van der Waals surface area contributed by atoms with Gasteiger partial charge in [-0.15, -0.1) is 0 Å². The van der Waals surface area contributed by atoms with Crippen molar-refractivity contribution in [1.29, 1.82) is 0 Å². The van der Waals surface area contributed by atoms with Gasteiger partial charge >= 0.3 is 0 Å². The monoisotopic (exact) mass is 353 g/mol. The summed E-state index contributed by atoms with van der Waals surface area (Å²) in [6.07, 6.45) is 0. The largest absolute Gasteiger partial charge is 0.496 e. The summed E-state index contributed by atoms with van der Waals surface area (Å²) >= 11 is 0. The van der Waals surface area contributed by atoms with Gasteiger partial charge in [0, 0.05) is 6.04 Å². The number of rotatable bonds is 7. The highest BCUT2D eigenvalue weighted by Gasteiger charge is 2.26. The van der Waals surface area contributed by atoms with Gasteiger partial charge in [-0.25, -0.2) is 4.39 Å². The van der Waals surface area contributed by atoms with E-state index in [2.05, 4.69) is 19.2 Å². The van der Waals surface area contributed by atoms with Crippen LogP contribution in [0.2, 0.25) is 0 Å². The molecule has 1 aromatic carbocycles. The molecule has 0 aliphatic carbocycles. The number of nitrogens with one attached hydrogen (secondary N) is 3. The van der Waals surface area contributed by atoms with Gasteiger partial charge in [0.25, 0.3) is 5.91 Å². The Kier molecular flexibility index (Phi) is 7.20. The number of piperazine rings is 1. The summed E-state index contributed by atoms with van der Waals surface area (Å²) in [7, 11) is 1.62. The normalized spacial score (nSPS) is 21.8. The molecule has 5 nitrogen and oxygen atoms in total. The minimum Gasteiger partial charge on any atom is -0.496 e. The molecule has 0 unspecified atom stereocenters. The molecular formula is C19H32FN3O2+2. The lowest BCUT2D eigenvalue weighted by molar-refractivity contribution is -1.02. The Hall–Kier alpha value is -1.66. The lowest BCUT2D eigenvalue weighted by Gasteiger charge is -2.30. The van der Waals surface area contributed by atoms with Crippen molar-refractivity contribution < 1.29 is 23.7 Å². The maximum Gasteiger partial charge on any atom is 0.275 e. The predicted octanol–water partition coefficient (Wildman–Crippen LogP) is -0.722. The first-order valence-electron chi connectivity index (χ1n) is 9.18. The van der Waals surface area contributed by atoms with Crippen LogP contribution in [0.25, 0.3) is 0 Å². The maximum atomic E-state index is 13.5. The molecule has 140 valence electrons. The van der Waals surface area contributed by atoms with Gasteiger partial charge in [-0.3, -0.25) is 4.79 Å². The highest BCUT2D eigenvalue weighted by Crippen LogP contribution is 2.18. The summed E-state index contributed by atoms with van der Waals surface area (Å²) in [6, 6.07) is 4.88. The van der Waals surface area contributed by atoms with E-state index >= 15 is 0 Å². The van der Waals surface area contributed by atoms with Crippen molar-refractivity contribution in [3.8, 4) is 5.75 Å². The molecule has 1 aromatic rings. The Labute approximate surface area is 150 Å². The van der Waals surface area contributed by atoms with E-state index in [1.54, 1.807) is 19.2 Å². The second-order valence-corrected chi connectivity index (χ2v) is 7.41. The number of ether oxygens (including phenoxy) is 1. The molecule has 3 N–H and O–H groups in total. The number of hydrogen-bond acceptors (Lipinski definition) is 2. The molecule has 2 rings (SSSR count). The van der Waals surface area contributed by atoms with Crippen LogP contribution in [0.15, 0.2) is 18.2 Å². The number of halogens is 1. The van der Waals surface area contributed by atoms with E-state index < -0.39 is 0 Å². The van der Waals surface area contributed by atoms with Crippen LogP contribution in [0.4, 0.5) is 4.39 Å². The summed E-state index contributed by atoms with van der Waals surface area (Å²) in [5, 5.41) is 3.07. The van der Waals surface area contributed by atoms with Crippen molar-refractivity contribution in [3.63, 3.8) is 0 Å². The van der Waals surface area contributed by atoms with Crippen LogP contribution in [0.1, 0.15) is 26.3 Å². The van der Waals surface area contributed by atoms with Crippen molar-refractivity contribution in [2.45, 2.75) is 33.4 Å². The SMILES string of the molecule is COc1ccc(F)cc1C[NH+]1CC[NH+](CC(=O)N[C@H](C)C(C)C)CC1. The summed E-state index contributed by atoms with van der Waals surface area (Å²) in [6.45, 7) is 11.4. The van der Waals surface area contributed by atoms with Gasteiger partial charge in [0.1, 0.15) is 44.3 Å². The van der Waals surface area contributed by atoms with Crippen LogP contribution in [-0.4, -0.2) is 51.8 Å². The zero-order valence-corrected chi connectivity index (χ0v) is 15.8. The third-order valence-electron chi connectivity index (χ3n) is 5.15. The van der Waals surface area contributed by atoms with Crippen molar-refractivity contribution >= 4 is 5.91 Å². The van der Waals surface area contributed by atoms with Crippen molar-refractivity contribution in [1.82, 2.24) is 5.32 Å². The number of hydrogen-bond donors (Lipinski definition) is 3. The van der Waals surface area contributed by atoms with E-state index in [1.165, 1.54) is 15.9 Å². The molecule has 0 bridgehead atoms. The number of carbonyl (C=O) groups excluding carboxylic acids is 1. The van der Waals surface area contributed by atoms with Crippen LogP contribution in [-0.2, 0) is 11.3 Å². The third-order valence-corrected chi connectivity index (χ3v) is 5.15. The molecule has 1 aliphatic rings. The molecule has 0 spiro atoms. The molecule has 0 radical (unpaired) electrons. The average molecular weight is 353 g/mol. The van der Waals surface area contributed by atoms with E-state index in [1.807, 2.05) is 6.92 Å². The van der Waals surface area contributed by atoms with Crippen molar-refractivity contribution in [2.75, 3.05) is 39.8 Å². The first-order valence-corrected chi connectivity index (χ1v) is 9.18. The van der Waals surface area contributed by atoms with Gasteiger partial charge < -0.3 is 19.9 Å². The van der Waals surface area contributed by atoms with Crippen molar-refractivity contribution in [3.05, 3.63) is 29.6 Å². The number of quaternary nitrogens is 2. The summed E-state index contributed by atoms with van der Waals surface area (Å²) < 4.78 is 18.8. The maximum absolute atomic E-state index is 13.5. The van der Waals surface area contributed by atoms with Crippen molar-refractivity contribution in [2.24, 2.45) is 5.92 Å². The molecule has 1 heterocycles. The fraction of sp³-hybridized carbons (Fsp3) is 0.632. The van der Waals surface area contributed by atoms with Gasteiger partial charge in [0.15, 0.2) is 6.54 Å². The minimum absolute atomic E-state index is 0.131. The molecule has 6 heteroatoms. The molecular weight excluding hydrogens is 321 g/mol. The van der Waals surface area contributed by atoms with E-state index in [0.29, 0.717) is 12.5 Å². The summed E-state index contributed by atoms with van der Waals surface area (Å²) in [5.41, 5.74) is 0.907. The quantitative estimate of drug-likeness (QED) is 0.606. The first kappa shape index (κ1) is 19.7. The number of benzene rings is 1. The Morgan fingerprint density at radius 1 is 1.20 bits per heavy atom. The van der Waals surface area contributed by atoms with Crippen LogP contribution in [0.3, 0.4) is 0 Å². The highest BCUT2D eigenvalue weighted by atomic mass is 19.1. The highest BCUT2D eigenvalue weighted by molar-refractivity contribution is 5.77. The van der Waals surface area contributed by atoms with Crippen LogP contribution >= 0.6 is 0 Å². The van der Waals surface area contributed by atoms with Crippen LogP contribution in [0, 0.1) is 11.7 Å². The topological polar surface area (TPSA) is 47.2 Å². The fourth-order valence-electron chi connectivity index (χ4n) is 3.16. The Bertz CT molecular complexity index is 572. The van der Waals surface area contributed by atoms with Gasteiger partial charge in [-0.1, -0.05) is 13.8 Å². The molecule has 1 aliphatic heterocycles. The zero-order valence-electron chi connectivity index (χ0n) is 15.8. The number of methoxy groups -OCH3 is 1. The molecule has 1 fully saturated rings. The second-order valence-electron chi connectivity index (χ2n) is 7.41. The fourth-order valence-corrected chi connectivity index (χ4v) is 3.16. The second kappa shape index (κ2) is 9.15. The lowest BCUT2D eigenvalue weighted by Crippen LogP contribution is -3.28. The van der Waals surface area contributed by atoms with Crippen LogP contribution in [0.5, 0.6) is 5.75 Å². The zero-order chi connectivity index (χ0) is 18.4.